The van der Waals surface area contributed by atoms with Crippen molar-refractivity contribution in [1.82, 2.24) is 4.98 Å². The maximum atomic E-state index is 12.1. The van der Waals surface area contributed by atoms with Gasteiger partial charge in [-0.15, -0.1) is 0 Å². The molecule has 4 nitrogen and oxygen atoms in total. The van der Waals surface area contributed by atoms with Crippen molar-refractivity contribution in [2.24, 2.45) is 0 Å². The van der Waals surface area contributed by atoms with Crippen LogP contribution in [0, 0.1) is 0 Å². The fraction of sp³-hybridized carbons (Fsp3) is 0.368. The first-order valence-electron chi connectivity index (χ1n) is 8.16. The number of nitrogens with zero attached hydrogens (tertiary/aromatic N) is 2. The lowest BCUT2D eigenvalue weighted by Crippen LogP contribution is -2.30. The standard InChI is InChI=1S/C19H22N2O2/c1-14(22)19(16-7-3-4-8-17(16)23)15-9-10-18(20-13-15)21-11-5-2-6-12-21/h3-4,7-10,13,19,23H,2,5-6,11-12H2,1H3. The van der Waals surface area contributed by atoms with E-state index in [0.29, 0.717) is 5.56 Å². The van der Waals surface area contributed by atoms with Gasteiger partial charge >= 0.3 is 0 Å². The Morgan fingerprint density at radius 3 is 2.48 bits per heavy atom. The van der Waals surface area contributed by atoms with Crippen LogP contribution in [0.25, 0.3) is 0 Å². The Morgan fingerprint density at radius 2 is 1.87 bits per heavy atom. The number of ketones is 1. The van der Waals surface area contributed by atoms with Crippen LogP contribution in [0.3, 0.4) is 0 Å². The van der Waals surface area contributed by atoms with Gasteiger partial charge in [-0.05, 0) is 43.9 Å². The normalized spacial score (nSPS) is 16.1. The zero-order valence-corrected chi connectivity index (χ0v) is 13.4. The molecule has 1 N–H and O–H groups in total. The number of phenolic OH excluding ortho intramolecular Hbond substituents is 1. The van der Waals surface area contributed by atoms with Crippen LogP contribution >= 0.6 is 0 Å². The highest BCUT2D eigenvalue weighted by Gasteiger charge is 2.22. The first kappa shape index (κ1) is 15.5. The summed E-state index contributed by atoms with van der Waals surface area (Å²) in [6.45, 7) is 3.64. The number of aromatic hydroxyl groups is 1. The number of piperidine rings is 1. The minimum Gasteiger partial charge on any atom is -0.508 e. The van der Waals surface area contributed by atoms with Gasteiger partial charge in [0, 0.05) is 24.8 Å². The smallest absolute Gasteiger partial charge is 0.141 e. The average molecular weight is 310 g/mol. The van der Waals surface area contributed by atoms with Crippen molar-refractivity contribution in [1.29, 1.82) is 0 Å². The van der Waals surface area contributed by atoms with Gasteiger partial charge in [-0.1, -0.05) is 24.3 Å². The largest absolute Gasteiger partial charge is 0.508 e. The molecule has 0 aliphatic carbocycles. The fourth-order valence-electron chi connectivity index (χ4n) is 3.24. The number of Topliss-reactive ketones (excluding diaryl/α,β-unsaturated/α-hetero) is 1. The van der Waals surface area contributed by atoms with E-state index in [9.17, 15) is 9.90 Å². The average Bonchev–Trinajstić information content (AvgIpc) is 2.58. The van der Waals surface area contributed by atoms with Crippen LogP contribution in [-0.2, 0) is 4.79 Å². The molecular weight excluding hydrogens is 288 g/mol. The molecule has 0 amide bonds. The molecule has 23 heavy (non-hydrogen) atoms. The fourth-order valence-corrected chi connectivity index (χ4v) is 3.24. The summed E-state index contributed by atoms with van der Waals surface area (Å²) in [5, 5.41) is 10.1. The van der Waals surface area contributed by atoms with Gasteiger partial charge in [-0.2, -0.15) is 0 Å². The molecule has 2 heterocycles. The van der Waals surface area contributed by atoms with E-state index in [0.717, 1.165) is 24.5 Å². The Labute approximate surface area is 136 Å². The van der Waals surface area contributed by atoms with Gasteiger partial charge in [0.25, 0.3) is 0 Å². The summed E-state index contributed by atoms with van der Waals surface area (Å²) < 4.78 is 0. The molecule has 1 aliphatic rings. The molecule has 3 rings (SSSR count). The van der Waals surface area contributed by atoms with Crippen molar-refractivity contribution in [3.8, 4) is 5.75 Å². The van der Waals surface area contributed by atoms with E-state index in [2.05, 4.69) is 9.88 Å². The quantitative estimate of drug-likeness (QED) is 0.939. The first-order chi connectivity index (χ1) is 11.2. The van der Waals surface area contributed by atoms with Gasteiger partial charge in [0.2, 0.25) is 0 Å². The Bertz CT molecular complexity index is 676. The third-order valence-corrected chi connectivity index (χ3v) is 4.44. The molecule has 2 aromatic rings. The molecule has 120 valence electrons. The van der Waals surface area contributed by atoms with Gasteiger partial charge in [0.05, 0.1) is 5.92 Å². The number of carbonyl (C=O) groups is 1. The van der Waals surface area contributed by atoms with Crippen LogP contribution in [0.15, 0.2) is 42.6 Å². The maximum absolute atomic E-state index is 12.1. The van der Waals surface area contributed by atoms with E-state index in [-0.39, 0.29) is 11.5 Å². The number of carbonyl (C=O) groups excluding carboxylic acids is 1. The number of para-hydroxylation sites is 1. The minimum absolute atomic E-state index is 0.000905. The molecule has 1 atom stereocenters. The first-order valence-corrected chi connectivity index (χ1v) is 8.16. The lowest BCUT2D eigenvalue weighted by atomic mass is 9.88. The number of benzene rings is 1. The Morgan fingerprint density at radius 1 is 1.13 bits per heavy atom. The third-order valence-electron chi connectivity index (χ3n) is 4.44. The highest BCUT2D eigenvalue weighted by Crippen LogP contribution is 2.32. The number of rotatable bonds is 4. The molecule has 0 spiro atoms. The summed E-state index contributed by atoms with van der Waals surface area (Å²) in [4.78, 5) is 19.0. The van der Waals surface area contributed by atoms with E-state index in [1.165, 1.54) is 19.3 Å². The van der Waals surface area contributed by atoms with Crippen molar-refractivity contribution < 1.29 is 9.90 Å². The highest BCUT2D eigenvalue weighted by molar-refractivity contribution is 5.87. The Kier molecular flexibility index (Phi) is 4.60. The molecular formula is C19H22N2O2. The van der Waals surface area contributed by atoms with E-state index >= 15 is 0 Å². The van der Waals surface area contributed by atoms with Gasteiger partial charge in [0.1, 0.15) is 17.4 Å². The molecule has 0 saturated carbocycles. The second kappa shape index (κ2) is 6.82. The van der Waals surface area contributed by atoms with Crippen molar-refractivity contribution in [3.63, 3.8) is 0 Å². The summed E-state index contributed by atoms with van der Waals surface area (Å²) in [5.74, 6) is 0.638. The second-order valence-electron chi connectivity index (χ2n) is 6.10. The molecule has 1 aromatic carbocycles. The SMILES string of the molecule is CC(=O)C(c1ccc(N2CCCCC2)nc1)c1ccccc1O. The molecule has 1 aromatic heterocycles. The summed E-state index contributed by atoms with van der Waals surface area (Å²) in [6, 6.07) is 10.9. The number of anilines is 1. The number of hydrogen-bond donors (Lipinski definition) is 1. The van der Waals surface area contributed by atoms with Crippen LogP contribution in [0.4, 0.5) is 5.82 Å². The summed E-state index contributed by atoms with van der Waals surface area (Å²) in [7, 11) is 0. The van der Waals surface area contributed by atoms with Gasteiger partial charge in [-0.3, -0.25) is 4.79 Å². The number of hydrogen-bond acceptors (Lipinski definition) is 4. The second-order valence-corrected chi connectivity index (χ2v) is 6.10. The summed E-state index contributed by atoms with van der Waals surface area (Å²) in [5.41, 5.74) is 1.45. The number of pyridine rings is 1. The highest BCUT2D eigenvalue weighted by atomic mass is 16.3. The number of phenols is 1. The van der Waals surface area contributed by atoms with Gasteiger partial charge in [0.15, 0.2) is 0 Å². The van der Waals surface area contributed by atoms with Crippen LogP contribution < -0.4 is 4.90 Å². The maximum Gasteiger partial charge on any atom is 0.141 e. The van der Waals surface area contributed by atoms with E-state index in [1.54, 1.807) is 31.3 Å². The van der Waals surface area contributed by atoms with E-state index in [4.69, 9.17) is 0 Å². The van der Waals surface area contributed by atoms with Crippen LogP contribution in [0.2, 0.25) is 0 Å². The molecule has 0 bridgehead atoms. The molecule has 0 radical (unpaired) electrons. The Hall–Kier alpha value is -2.36. The van der Waals surface area contributed by atoms with Gasteiger partial charge < -0.3 is 10.0 Å². The molecule has 1 saturated heterocycles. The molecule has 1 aliphatic heterocycles. The molecule has 4 heteroatoms. The summed E-state index contributed by atoms with van der Waals surface area (Å²) >= 11 is 0. The van der Waals surface area contributed by atoms with Crippen molar-refractivity contribution in [3.05, 3.63) is 53.7 Å². The number of aromatic nitrogens is 1. The third kappa shape index (κ3) is 3.36. The van der Waals surface area contributed by atoms with Crippen LogP contribution in [0.5, 0.6) is 5.75 Å². The topological polar surface area (TPSA) is 53.4 Å². The lowest BCUT2D eigenvalue weighted by molar-refractivity contribution is -0.117. The van der Waals surface area contributed by atoms with Crippen molar-refractivity contribution >= 4 is 11.6 Å². The predicted octanol–water partition coefficient (Wildman–Crippen LogP) is 3.50. The van der Waals surface area contributed by atoms with Crippen molar-refractivity contribution in [2.45, 2.75) is 32.1 Å². The molecule has 1 unspecified atom stereocenters. The zero-order chi connectivity index (χ0) is 16.2. The van der Waals surface area contributed by atoms with Crippen LogP contribution in [0.1, 0.15) is 43.2 Å². The predicted molar refractivity (Wildman–Crippen MR) is 90.9 cm³/mol. The van der Waals surface area contributed by atoms with Crippen LogP contribution in [-0.4, -0.2) is 29.0 Å². The molecule has 1 fully saturated rings. The lowest BCUT2D eigenvalue weighted by Gasteiger charge is -2.28. The van der Waals surface area contributed by atoms with E-state index < -0.39 is 5.92 Å². The van der Waals surface area contributed by atoms with E-state index in [1.807, 2.05) is 18.2 Å². The monoisotopic (exact) mass is 310 g/mol. The summed E-state index contributed by atoms with van der Waals surface area (Å²) in [6.07, 6.45) is 5.46. The van der Waals surface area contributed by atoms with Gasteiger partial charge in [-0.25, -0.2) is 4.98 Å². The Balaban J connectivity index is 1.89. The zero-order valence-electron chi connectivity index (χ0n) is 13.4. The minimum atomic E-state index is -0.473. The van der Waals surface area contributed by atoms with Crippen molar-refractivity contribution in [2.75, 3.05) is 18.0 Å².